The van der Waals surface area contributed by atoms with E-state index in [1.54, 1.807) is 10.9 Å². The van der Waals surface area contributed by atoms with Crippen LogP contribution in [0.15, 0.2) is 53.4 Å². The van der Waals surface area contributed by atoms with Crippen LogP contribution in [0.25, 0.3) is 6.08 Å². The molecule has 0 nitrogen and oxygen atoms in total. The summed E-state index contributed by atoms with van der Waals surface area (Å²) in [5.74, 6) is 0.893. The van der Waals surface area contributed by atoms with Crippen molar-refractivity contribution in [1.29, 1.82) is 0 Å². The third-order valence-electron chi connectivity index (χ3n) is 5.31. The molecule has 1 aromatic rings. The smallest absolute Gasteiger partial charge is 1.00 e. The molecule has 0 saturated heterocycles. The van der Waals surface area contributed by atoms with Crippen molar-refractivity contribution in [3.8, 4) is 0 Å². The second-order valence-corrected chi connectivity index (χ2v) is 13.1. The Morgan fingerprint density at radius 1 is 1.08 bits per heavy atom. The summed E-state index contributed by atoms with van der Waals surface area (Å²) in [5.41, 5.74) is 5.01. The van der Waals surface area contributed by atoms with Crippen LogP contribution < -0.4 is 24.8 Å². The maximum absolute atomic E-state index is 2.54. The molecule has 0 spiro atoms. The third kappa shape index (κ3) is 3.86. The molecule has 1 saturated carbocycles. The molecule has 3 unspecified atom stereocenters. The Kier molecular flexibility index (Phi) is 7.58. The fourth-order valence-corrected chi connectivity index (χ4v) is 12.4. The van der Waals surface area contributed by atoms with Gasteiger partial charge in [0.05, 0.1) is 0 Å². The number of rotatable bonds is 3. The third-order valence-corrected chi connectivity index (χ3v) is 12.2. The molecule has 3 aliphatic rings. The summed E-state index contributed by atoms with van der Waals surface area (Å²) >= 11 is -0.488. The van der Waals surface area contributed by atoms with E-state index in [9.17, 15) is 0 Å². The number of fused-ring (bicyclic) bond motifs is 2. The van der Waals surface area contributed by atoms with Gasteiger partial charge in [-0.15, -0.1) is 0 Å². The van der Waals surface area contributed by atoms with Crippen molar-refractivity contribution in [2.24, 2.45) is 5.92 Å². The molecular weight excluding hydrogens is 433 g/mol. The number of allylic oxidation sites excluding steroid dienone is 5. The average molecular weight is 457 g/mol. The summed E-state index contributed by atoms with van der Waals surface area (Å²) in [7, 11) is 0.0435. The van der Waals surface area contributed by atoms with Crippen molar-refractivity contribution < 1.29 is 48.0 Å². The van der Waals surface area contributed by atoms with Gasteiger partial charge < -0.3 is 24.8 Å². The van der Waals surface area contributed by atoms with Crippen LogP contribution in [-0.4, -0.2) is 13.3 Å². The van der Waals surface area contributed by atoms with Crippen LogP contribution in [0.1, 0.15) is 34.0 Å². The summed E-state index contributed by atoms with van der Waals surface area (Å²) in [4.78, 5) is 0. The van der Waals surface area contributed by atoms with E-state index in [0.717, 1.165) is 13.2 Å². The van der Waals surface area contributed by atoms with Crippen LogP contribution in [-0.2, 0) is 23.2 Å². The molecule has 0 aliphatic heterocycles. The van der Waals surface area contributed by atoms with Gasteiger partial charge in [0.1, 0.15) is 0 Å². The molecule has 0 radical (unpaired) electrons. The molecule has 0 aromatic heterocycles. The number of hydrogen-bond acceptors (Lipinski definition) is 0. The predicted octanol–water partition coefficient (Wildman–Crippen LogP) is -0.001000. The Balaban J connectivity index is 0.00000104. The first-order chi connectivity index (χ1) is 10.7. The maximum atomic E-state index is 2.54. The first-order valence-electron chi connectivity index (χ1n) is 8.34. The molecule has 24 heavy (non-hydrogen) atoms. The van der Waals surface area contributed by atoms with Crippen LogP contribution in [0, 0.1) is 5.92 Å². The Bertz CT molecular complexity index is 678. The summed E-state index contributed by atoms with van der Waals surface area (Å²) in [5, 5.41) is 1.79. The van der Waals surface area contributed by atoms with Crippen molar-refractivity contribution in [2.45, 2.75) is 26.5 Å². The summed E-state index contributed by atoms with van der Waals surface area (Å²) in [6, 6.07) is 9.18. The first kappa shape index (κ1) is 20.6. The van der Waals surface area contributed by atoms with Crippen molar-refractivity contribution >= 4 is 14.0 Å². The number of hydrogen-bond donors (Lipinski definition) is 0. The normalized spacial score (nSPS) is 26.5. The molecule has 0 N–H and O–H groups in total. The summed E-state index contributed by atoms with van der Waals surface area (Å²) in [6.45, 7) is 4.89. The van der Waals surface area contributed by atoms with Gasteiger partial charge >= 0.3 is 148 Å². The van der Waals surface area contributed by atoms with E-state index in [1.807, 2.05) is 5.57 Å². The topological polar surface area (TPSA) is 0 Å². The Hall–Kier alpha value is 0.333. The van der Waals surface area contributed by atoms with Gasteiger partial charge in [0.2, 0.25) is 0 Å². The van der Waals surface area contributed by atoms with E-state index in [4.69, 9.17) is 0 Å². The minimum Gasteiger partial charge on any atom is -1.00 e. The van der Waals surface area contributed by atoms with E-state index in [2.05, 4.69) is 61.9 Å². The SMILES string of the molecule is CP(C)C1=Cc2ccccc2[CH]1[Zr+2][CH]1CCC2CC=CC=C21.[Cl-].[Cl-]. The van der Waals surface area contributed by atoms with Crippen molar-refractivity contribution in [2.75, 3.05) is 13.3 Å². The van der Waals surface area contributed by atoms with Gasteiger partial charge in [0.25, 0.3) is 0 Å². The number of halogens is 2. The molecule has 0 bridgehead atoms. The standard InChI is InChI=1S/C11H12P.C9H11.2ClH.Zr/c1-12(2)11-7-9-5-3-4-6-10(9)8-11;1-2-5-9-7-3-6-8(9)4-1;;;/h3-8H,1-2H3;1-2,4,6,9H,3,5,7H2;2*1H;/q;;;;+2/p-2. The van der Waals surface area contributed by atoms with Crippen LogP contribution in [0.4, 0.5) is 0 Å². The Morgan fingerprint density at radius 3 is 2.67 bits per heavy atom. The summed E-state index contributed by atoms with van der Waals surface area (Å²) < 4.78 is 1.82. The zero-order valence-corrected chi connectivity index (χ0v) is 19.0. The molecular formula is C20H23Cl2PZr. The van der Waals surface area contributed by atoms with E-state index < -0.39 is 23.2 Å². The van der Waals surface area contributed by atoms with Crippen LogP contribution in [0.5, 0.6) is 0 Å². The van der Waals surface area contributed by atoms with Crippen LogP contribution >= 0.6 is 7.92 Å². The molecule has 4 rings (SSSR count). The molecule has 0 amide bonds. The fourth-order valence-electron chi connectivity index (χ4n) is 4.16. The Labute approximate surface area is 171 Å². The van der Waals surface area contributed by atoms with E-state index in [1.165, 1.54) is 24.8 Å². The molecule has 3 atom stereocenters. The molecule has 0 heterocycles. The van der Waals surface area contributed by atoms with E-state index in [-0.39, 0.29) is 32.7 Å². The second-order valence-electron chi connectivity index (χ2n) is 6.85. The van der Waals surface area contributed by atoms with Gasteiger partial charge in [-0.3, -0.25) is 0 Å². The minimum atomic E-state index is -0.488. The number of benzene rings is 1. The quantitative estimate of drug-likeness (QED) is 0.562. The van der Waals surface area contributed by atoms with Gasteiger partial charge in [-0.25, -0.2) is 0 Å². The fraction of sp³-hybridized carbons (Fsp3) is 0.400. The molecule has 1 fully saturated rings. The van der Waals surface area contributed by atoms with Gasteiger partial charge in [-0.05, 0) is 0 Å². The largest absolute Gasteiger partial charge is 1.00 e. The van der Waals surface area contributed by atoms with Crippen molar-refractivity contribution in [3.05, 3.63) is 64.5 Å². The second kappa shape index (κ2) is 8.82. The molecule has 126 valence electrons. The van der Waals surface area contributed by atoms with Crippen LogP contribution in [0.3, 0.4) is 0 Å². The maximum Gasteiger partial charge on any atom is -1.00 e. The first-order valence-corrected chi connectivity index (χ1v) is 13.4. The van der Waals surface area contributed by atoms with Crippen LogP contribution in [0.2, 0.25) is 3.63 Å². The van der Waals surface area contributed by atoms with Gasteiger partial charge in [-0.2, -0.15) is 0 Å². The van der Waals surface area contributed by atoms with Gasteiger partial charge in [0, 0.05) is 0 Å². The zero-order chi connectivity index (χ0) is 15.1. The molecule has 4 heteroatoms. The van der Waals surface area contributed by atoms with Crippen molar-refractivity contribution in [1.82, 2.24) is 0 Å². The monoisotopic (exact) mass is 454 g/mol. The summed E-state index contributed by atoms with van der Waals surface area (Å²) in [6.07, 6.45) is 13.9. The van der Waals surface area contributed by atoms with E-state index >= 15 is 0 Å². The van der Waals surface area contributed by atoms with E-state index in [0.29, 0.717) is 0 Å². The molecule has 1 aromatic carbocycles. The molecule has 3 aliphatic carbocycles. The predicted molar refractivity (Wildman–Crippen MR) is 94.2 cm³/mol. The Morgan fingerprint density at radius 2 is 1.88 bits per heavy atom. The van der Waals surface area contributed by atoms with Crippen molar-refractivity contribution in [3.63, 3.8) is 0 Å². The zero-order valence-electron chi connectivity index (χ0n) is 14.2. The average Bonchev–Trinajstić information content (AvgIpc) is 3.10. The van der Waals surface area contributed by atoms with Gasteiger partial charge in [-0.1, -0.05) is 0 Å². The minimum absolute atomic E-state index is 0. The van der Waals surface area contributed by atoms with Gasteiger partial charge in [0.15, 0.2) is 0 Å².